The standard InChI is InChI=1S/2C8H14O2.Cr/c2*1-3-5-6-7(4-2)8(9)10;/h2*6H,3-5H2,1-2H3,(H,9,10);/q;;+2/p-2/b2*7-6+;. The van der Waals surface area contributed by atoms with Crippen LogP contribution < -0.4 is 10.2 Å². The Morgan fingerprint density at radius 3 is 1.19 bits per heavy atom. The Kier molecular flexibility index (Phi) is 20.2. The van der Waals surface area contributed by atoms with Crippen molar-refractivity contribution in [2.45, 2.75) is 66.2 Å². The molecule has 0 unspecified atom stereocenters. The quantitative estimate of drug-likeness (QED) is 0.633. The predicted molar refractivity (Wildman–Crippen MR) is 76.6 cm³/mol. The van der Waals surface area contributed by atoms with E-state index in [1.807, 2.05) is 27.7 Å². The van der Waals surface area contributed by atoms with Gasteiger partial charge in [-0.15, -0.1) is 0 Å². The van der Waals surface area contributed by atoms with E-state index in [1.165, 1.54) is 0 Å². The topological polar surface area (TPSA) is 80.3 Å². The average Bonchev–Trinajstić information content (AvgIpc) is 2.40. The maximum Gasteiger partial charge on any atom is 2.00 e. The van der Waals surface area contributed by atoms with E-state index < -0.39 is 11.9 Å². The Bertz CT molecular complexity index is 312. The Hall–Kier alpha value is -1.05. The Morgan fingerprint density at radius 2 is 1.05 bits per heavy atom. The molecule has 0 amide bonds. The summed E-state index contributed by atoms with van der Waals surface area (Å²) in [5.41, 5.74) is 0.837. The van der Waals surface area contributed by atoms with Gasteiger partial charge in [0.15, 0.2) is 0 Å². The van der Waals surface area contributed by atoms with Crippen LogP contribution in [-0.2, 0) is 27.0 Å². The summed E-state index contributed by atoms with van der Waals surface area (Å²) in [4.78, 5) is 20.5. The molecule has 0 aromatic heterocycles. The van der Waals surface area contributed by atoms with Gasteiger partial charge in [0.05, 0.1) is 11.9 Å². The third-order valence-electron chi connectivity index (χ3n) is 2.65. The molecular formula is C16H26CrO4. The molecule has 0 N–H and O–H groups in total. The number of carbonyl (C=O) groups excluding carboxylic acids is 2. The molecular weight excluding hydrogens is 308 g/mol. The molecule has 0 spiro atoms. The van der Waals surface area contributed by atoms with Crippen molar-refractivity contribution < 1.29 is 37.2 Å². The summed E-state index contributed by atoms with van der Waals surface area (Å²) < 4.78 is 0. The van der Waals surface area contributed by atoms with E-state index in [4.69, 9.17) is 0 Å². The molecule has 0 atom stereocenters. The first-order valence-electron chi connectivity index (χ1n) is 7.25. The monoisotopic (exact) mass is 334 g/mol. The van der Waals surface area contributed by atoms with E-state index in [-0.39, 0.29) is 17.4 Å². The number of unbranched alkanes of at least 4 members (excludes halogenated alkanes) is 2. The zero-order valence-electron chi connectivity index (χ0n) is 13.4. The summed E-state index contributed by atoms with van der Waals surface area (Å²) in [5, 5.41) is 20.5. The second-order valence-electron chi connectivity index (χ2n) is 4.32. The van der Waals surface area contributed by atoms with Crippen LogP contribution in [-0.4, -0.2) is 11.9 Å². The molecule has 0 aromatic carbocycles. The zero-order chi connectivity index (χ0) is 16.0. The minimum absolute atomic E-state index is 0. The maximum absolute atomic E-state index is 10.3. The van der Waals surface area contributed by atoms with Crippen LogP contribution >= 0.6 is 0 Å². The van der Waals surface area contributed by atoms with Crippen LogP contribution in [0.15, 0.2) is 23.3 Å². The van der Waals surface area contributed by atoms with Gasteiger partial charge in [-0.05, 0) is 36.8 Å². The fourth-order valence-electron chi connectivity index (χ4n) is 1.38. The van der Waals surface area contributed by atoms with Crippen LogP contribution in [0, 0.1) is 0 Å². The Morgan fingerprint density at radius 1 is 0.762 bits per heavy atom. The molecule has 0 bridgehead atoms. The summed E-state index contributed by atoms with van der Waals surface area (Å²) in [7, 11) is 0. The van der Waals surface area contributed by atoms with Crippen molar-refractivity contribution in [3.8, 4) is 0 Å². The number of allylic oxidation sites excluding steroid dienone is 2. The van der Waals surface area contributed by atoms with E-state index in [0.29, 0.717) is 24.0 Å². The van der Waals surface area contributed by atoms with Crippen molar-refractivity contribution in [1.82, 2.24) is 0 Å². The van der Waals surface area contributed by atoms with E-state index in [1.54, 1.807) is 12.2 Å². The summed E-state index contributed by atoms with van der Waals surface area (Å²) >= 11 is 0. The minimum atomic E-state index is -1.03. The molecule has 0 rings (SSSR count). The SMILES string of the molecule is CCC/C=C(\CC)C(=O)[O-].CCC/C=C(\CC)C(=O)[O-].[Cr+2]. The molecule has 0 fully saturated rings. The molecule has 0 heterocycles. The molecule has 0 aromatic rings. The smallest absolute Gasteiger partial charge is 0.545 e. The number of hydrogen-bond donors (Lipinski definition) is 0. The third kappa shape index (κ3) is 15.2. The normalized spacial score (nSPS) is 11.0. The maximum atomic E-state index is 10.3. The fourth-order valence-corrected chi connectivity index (χ4v) is 1.38. The van der Waals surface area contributed by atoms with Crippen LogP contribution in [0.3, 0.4) is 0 Å². The molecule has 0 radical (unpaired) electrons. The molecule has 0 saturated carbocycles. The molecule has 0 aliphatic rings. The second kappa shape index (κ2) is 17.0. The van der Waals surface area contributed by atoms with Gasteiger partial charge in [-0.1, -0.05) is 52.7 Å². The van der Waals surface area contributed by atoms with Gasteiger partial charge < -0.3 is 19.8 Å². The van der Waals surface area contributed by atoms with Crippen LogP contribution in [0.5, 0.6) is 0 Å². The summed E-state index contributed by atoms with van der Waals surface area (Å²) in [6.45, 7) is 7.66. The summed E-state index contributed by atoms with van der Waals surface area (Å²) in [6.07, 6.45) is 8.21. The van der Waals surface area contributed by atoms with Crippen molar-refractivity contribution in [3.63, 3.8) is 0 Å². The first-order valence-corrected chi connectivity index (χ1v) is 7.25. The van der Waals surface area contributed by atoms with Gasteiger partial charge in [0.1, 0.15) is 0 Å². The molecule has 4 nitrogen and oxygen atoms in total. The zero-order valence-corrected chi connectivity index (χ0v) is 14.7. The molecule has 5 heteroatoms. The molecule has 0 aliphatic carbocycles. The van der Waals surface area contributed by atoms with Gasteiger partial charge in [0.2, 0.25) is 0 Å². The van der Waals surface area contributed by atoms with E-state index in [2.05, 4.69) is 0 Å². The van der Waals surface area contributed by atoms with Crippen LogP contribution in [0.2, 0.25) is 0 Å². The third-order valence-corrected chi connectivity index (χ3v) is 2.65. The number of carboxylic acid groups (broad SMARTS) is 2. The van der Waals surface area contributed by atoms with Crippen LogP contribution in [0.25, 0.3) is 0 Å². The summed E-state index contributed by atoms with van der Waals surface area (Å²) in [5.74, 6) is -2.06. The molecule has 120 valence electrons. The largest absolute Gasteiger partial charge is 2.00 e. The summed E-state index contributed by atoms with van der Waals surface area (Å²) in [6, 6.07) is 0. The van der Waals surface area contributed by atoms with Crippen LogP contribution in [0.4, 0.5) is 0 Å². The minimum Gasteiger partial charge on any atom is -0.545 e. The van der Waals surface area contributed by atoms with Gasteiger partial charge >= 0.3 is 17.4 Å². The second-order valence-corrected chi connectivity index (χ2v) is 4.32. The van der Waals surface area contributed by atoms with E-state index in [9.17, 15) is 19.8 Å². The van der Waals surface area contributed by atoms with Crippen molar-refractivity contribution in [1.29, 1.82) is 0 Å². The number of aliphatic carboxylic acids is 2. The Labute approximate surface area is 139 Å². The van der Waals surface area contributed by atoms with Crippen LogP contribution in [0.1, 0.15) is 66.2 Å². The van der Waals surface area contributed by atoms with Gasteiger partial charge in [-0.3, -0.25) is 0 Å². The van der Waals surface area contributed by atoms with Crippen molar-refractivity contribution in [2.24, 2.45) is 0 Å². The first-order chi connectivity index (χ1) is 9.44. The average molecular weight is 334 g/mol. The van der Waals surface area contributed by atoms with Crippen molar-refractivity contribution in [3.05, 3.63) is 23.3 Å². The Balaban J connectivity index is -0.000000295. The van der Waals surface area contributed by atoms with Gasteiger partial charge in [-0.2, -0.15) is 0 Å². The first kappa shape index (κ1) is 24.9. The van der Waals surface area contributed by atoms with Gasteiger partial charge in [-0.25, -0.2) is 0 Å². The predicted octanol–water partition coefficient (Wildman–Crippen LogP) is 1.74. The number of rotatable bonds is 8. The fraction of sp³-hybridized carbons (Fsp3) is 0.625. The molecule has 21 heavy (non-hydrogen) atoms. The van der Waals surface area contributed by atoms with Crippen molar-refractivity contribution in [2.75, 3.05) is 0 Å². The van der Waals surface area contributed by atoms with Crippen molar-refractivity contribution >= 4 is 11.9 Å². The molecule has 0 saturated heterocycles. The number of carbonyl (C=O) groups is 2. The number of hydrogen-bond acceptors (Lipinski definition) is 4. The van der Waals surface area contributed by atoms with E-state index in [0.717, 1.165) is 25.7 Å². The van der Waals surface area contributed by atoms with E-state index >= 15 is 0 Å². The molecule has 0 aliphatic heterocycles. The van der Waals surface area contributed by atoms with Gasteiger partial charge in [0, 0.05) is 0 Å². The van der Waals surface area contributed by atoms with Gasteiger partial charge in [0.25, 0.3) is 0 Å². The number of carboxylic acids is 2.